The van der Waals surface area contributed by atoms with Crippen LogP contribution in [0.15, 0.2) is 144 Å². The van der Waals surface area contributed by atoms with Crippen LogP contribution in [0.1, 0.15) is 34.8 Å². The van der Waals surface area contributed by atoms with E-state index in [1.54, 1.807) is 0 Å². The molecule has 1 aliphatic rings. The van der Waals surface area contributed by atoms with Crippen LogP contribution in [0.2, 0.25) is 0 Å². The second kappa shape index (κ2) is 9.88. The summed E-state index contributed by atoms with van der Waals surface area (Å²) in [5, 5.41) is 5.93. The number of fused-ring (bicyclic) bond motifs is 10. The molecule has 0 bridgehead atoms. The first kappa shape index (κ1) is 26.0. The molecule has 3 aromatic heterocycles. The Bertz CT molecular complexity index is 2730. The summed E-state index contributed by atoms with van der Waals surface area (Å²) >= 11 is 0. The predicted molar refractivity (Wildman–Crippen MR) is 195 cm³/mol. The van der Waals surface area contributed by atoms with Crippen molar-refractivity contribution in [3.8, 4) is 23.7 Å². The van der Waals surface area contributed by atoms with Crippen molar-refractivity contribution >= 4 is 60.7 Å². The minimum Gasteiger partial charge on any atom is -0.459 e. The van der Waals surface area contributed by atoms with Gasteiger partial charge in [0.2, 0.25) is 0 Å². The molecule has 10 rings (SSSR count). The lowest BCUT2D eigenvalue weighted by Crippen LogP contribution is -2.09. The van der Waals surface area contributed by atoms with Gasteiger partial charge in [0.1, 0.15) is 11.3 Å². The van der Waals surface area contributed by atoms with E-state index >= 15 is 0 Å². The Morgan fingerprint density at radius 2 is 1.28 bits per heavy atom. The highest BCUT2D eigenvalue weighted by Gasteiger charge is 2.30. The number of furan rings is 1. The zero-order chi connectivity index (χ0) is 31.1. The first-order chi connectivity index (χ1) is 23.3. The fraction of sp³-hybridized carbons (Fsp3) is 0.0455. The molecule has 6 aromatic carbocycles. The third-order valence-corrected chi connectivity index (χ3v) is 9.94. The van der Waals surface area contributed by atoms with E-state index in [4.69, 9.17) is 10.8 Å². The van der Waals surface area contributed by atoms with E-state index < -0.39 is 0 Å². The van der Waals surface area contributed by atoms with Gasteiger partial charge >= 0.3 is 0 Å². The van der Waals surface area contributed by atoms with E-state index in [-0.39, 0.29) is 5.92 Å². The molecule has 0 saturated carbocycles. The number of hydrogen-bond donors (Lipinski definition) is 0. The predicted octanol–water partition coefficient (Wildman–Crippen LogP) is 11.2. The molecule has 0 amide bonds. The fourth-order valence-electron chi connectivity index (χ4n) is 7.94. The third-order valence-electron chi connectivity index (χ3n) is 9.94. The van der Waals surface area contributed by atoms with Crippen molar-refractivity contribution in [1.29, 1.82) is 0 Å². The maximum atomic E-state index is 7.12. The Kier molecular flexibility index (Phi) is 5.47. The van der Waals surface area contributed by atoms with Crippen LogP contribution in [0.4, 0.5) is 0 Å². The van der Waals surface area contributed by atoms with E-state index in [0.717, 1.165) is 62.1 Å². The second-order valence-corrected chi connectivity index (χ2v) is 12.4. The highest BCUT2D eigenvalue weighted by atomic mass is 16.3. The van der Waals surface area contributed by atoms with E-state index in [1.165, 1.54) is 32.8 Å². The van der Waals surface area contributed by atoms with Crippen molar-refractivity contribution in [3.63, 3.8) is 0 Å². The number of benzene rings is 6. The Morgan fingerprint density at radius 1 is 0.617 bits per heavy atom. The Labute approximate surface area is 271 Å². The first-order valence-corrected chi connectivity index (χ1v) is 16.1. The molecule has 220 valence electrons. The van der Waals surface area contributed by atoms with Crippen LogP contribution < -0.4 is 0 Å². The van der Waals surface area contributed by atoms with Crippen LogP contribution in [0, 0.1) is 12.3 Å². The number of rotatable bonds is 3. The quantitative estimate of drug-likeness (QED) is 0.185. The summed E-state index contributed by atoms with van der Waals surface area (Å²) in [7, 11) is 0. The lowest BCUT2D eigenvalue weighted by molar-refractivity contribution is 0.518. The molecule has 0 N–H and O–H groups in total. The zero-order valence-electron chi connectivity index (χ0n) is 25.5. The monoisotopic (exact) mass is 600 g/mol. The standard InChI is InChI=1S/C44H28N2O/c1-2-28-23-25-40(46-37-20-9-6-15-30(37)31-16-7-10-21-38(31)46)36(27-28)33-19-12-18-32-34-24-26-41-42(44(34)47-43(32)33)35-17-8-11-22-39(35)45(41)29-13-4-3-5-14-29/h1,3-18,20-27,33H,19H2. The number of allylic oxidation sites excluding steroid dienone is 1. The third kappa shape index (κ3) is 3.64. The van der Waals surface area contributed by atoms with Gasteiger partial charge in [-0.15, -0.1) is 6.42 Å². The first-order valence-electron chi connectivity index (χ1n) is 16.1. The normalized spacial score (nSPS) is 14.4. The summed E-state index contributed by atoms with van der Waals surface area (Å²) in [6.45, 7) is 0. The molecule has 0 saturated heterocycles. The summed E-state index contributed by atoms with van der Waals surface area (Å²) in [4.78, 5) is 0. The van der Waals surface area contributed by atoms with Gasteiger partial charge in [-0.1, -0.05) is 90.9 Å². The van der Waals surface area contributed by atoms with Gasteiger partial charge in [-0.05, 0) is 72.6 Å². The minimum absolute atomic E-state index is 0.0110. The van der Waals surface area contributed by atoms with Crippen LogP contribution in [-0.4, -0.2) is 9.13 Å². The highest BCUT2D eigenvalue weighted by Crippen LogP contribution is 2.47. The fourth-order valence-corrected chi connectivity index (χ4v) is 7.94. The van der Waals surface area contributed by atoms with Gasteiger partial charge < -0.3 is 13.6 Å². The lowest BCUT2D eigenvalue weighted by Gasteiger charge is -2.23. The van der Waals surface area contributed by atoms with Crippen molar-refractivity contribution in [3.05, 3.63) is 162 Å². The van der Waals surface area contributed by atoms with E-state index in [0.29, 0.717) is 0 Å². The summed E-state index contributed by atoms with van der Waals surface area (Å²) < 4.78 is 11.9. The topological polar surface area (TPSA) is 23.0 Å². The molecule has 1 aliphatic carbocycles. The molecular formula is C44H28N2O. The molecule has 0 spiro atoms. The molecule has 9 aromatic rings. The largest absolute Gasteiger partial charge is 0.459 e. The summed E-state index contributed by atoms with van der Waals surface area (Å²) in [5.74, 6) is 3.88. The summed E-state index contributed by atoms with van der Waals surface area (Å²) in [6, 6.07) is 47.4. The molecule has 47 heavy (non-hydrogen) atoms. The van der Waals surface area contributed by atoms with Crippen molar-refractivity contribution in [1.82, 2.24) is 9.13 Å². The van der Waals surface area contributed by atoms with Gasteiger partial charge in [-0.2, -0.15) is 0 Å². The zero-order valence-corrected chi connectivity index (χ0v) is 25.5. The van der Waals surface area contributed by atoms with E-state index in [9.17, 15) is 0 Å². The van der Waals surface area contributed by atoms with Crippen LogP contribution in [0.25, 0.3) is 72.0 Å². The molecule has 0 fully saturated rings. The molecule has 3 heteroatoms. The van der Waals surface area contributed by atoms with E-state index in [1.807, 2.05) is 0 Å². The second-order valence-electron chi connectivity index (χ2n) is 12.4. The van der Waals surface area contributed by atoms with Gasteiger partial charge in [-0.3, -0.25) is 0 Å². The minimum atomic E-state index is -0.0110. The molecule has 0 radical (unpaired) electrons. The smallest absolute Gasteiger partial charge is 0.144 e. The Balaban J connectivity index is 1.25. The van der Waals surface area contributed by atoms with Gasteiger partial charge in [0, 0.05) is 44.3 Å². The van der Waals surface area contributed by atoms with Crippen molar-refractivity contribution in [2.24, 2.45) is 0 Å². The van der Waals surface area contributed by atoms with Crippen molar-refractivity contribution in [2.45, 2.75) is 12.3 Å². The van der Waals surface area contributed by atoms with Gasteiger partial charge in [0.25, 0.3) is 0 Å². The number of nitrogens with zero attached hydrogens (tertiary/aromatic N) is 2. The molecule has 1 atom stereocenters. The molecular weight excluding hydrogens is 572 g/mol. The summed E-state index contributed by atoms with van der Waals surface area (Å²) in [5.41, 5.74) is 11.0. The molecule has 3 nitrogen and oxygen atoms in total. The van der Waals surface area contributed by atoms with E-state index in [2.05, 4.69) is 161 Å². The average Bonchev–Trinajstić information content (AvgIpc) is 3.79. The van der Waals surface area contributed by atoms with Crippen LogP contribution in [-0.2, 0) is 0 Å². The summed E-state index contributed by atoms with van der Waals surface area (Å²) in [6.07, 6.45) is 11.4. The molecule has 0 aliphatic heterocycles. The van der Waals surface area contributed by atoms with Gasteiger partial charge in [-0.25, -0.2) is 0 Å². The SMILES string of the molecule is C#Cc1ccc(-n2c3ccccc3c3ccccc32)c(C2CC=Cc3c2oc2c3ccc3c2c2ccccc2n3-c2ccccc2)c1. The molecule has 1 unspecified atom stereocenters. The Hall–Kier alpha value is -6.24. The van der Waals surface area contributed by atoms with Crippen molar-refractivity contribution in [2.75, 3.05) is 0 Å². The molecule has 3 heterocycles. The van der Waals surface area contributed by atoms with Crippen LogP contribution in [0.5, 0.6) is 0 Å². The lowest BCUT2D eigenvalue weighted by atomic mass is 9.85. The number of hydrogen-bond acceptors (Lipinski definition) is 1. The van der Waals surface area contributed by atoms with Crippen LogP contribution in [0.3, 0.4) is 0 Å². The Morgan fingerprint density at radius 3 is 2.00 bits per heavy atom. The van der Waals surface area contributed by atoms with Gasteiger partial charge in [0.05, 0.1) is 33.1 Å². The maximum absolute atomic E-state index is 7.12. The maximum Gasteiger partial charge on any atom is 0.144 e. The number of terminal acetylenes is 1. The van der Waals surface area contributed by atoms with Crippen LogP contribution >= 0.6 is 0 Å². The average molecular weight is 601 g/mol. The number of aromatic nitrogens is 2. The number of para-hydroxylation sites is 4. The highest BCUT2D eigenvalue weighted by molar-refractivity contribution is 6.20. The van der Waals surface area contributed by atoms with Crippen molar-refractivity contribution < 1.29 is 4.42 Å². The van der Waals surface area contributed by atoms with Gasteiger partial charge in [0.15, 0.2) is 0 Å².